The Bertz CT molecular complexity index is 2140. The number of fused-ring (bicyclic) bond motifs is 2. The number of urea groups is 1. The van der Waals surface area contributed by atoms with Crippen LogP contribution in [0.5, 0.6) is 5.75 Å². The van der Waals surface area contributed by atoms with Crippen LogP contribution in [0.1, 0.15) is 77.9 Å². The quantitative estimate of drug-likeness (QED) is 0.247. The number of amides is 3. The number of aliphatic hydroxyl groups excluding tert-OH is 1. The first-order valence-corrected chi connectivity index (χ1v) is 16.6. The van der Waals surface area contributed by atoms with Crippen LogP contribution in [0.4, 0.5) is 16.2 Å². The third kappa shape index (κ3) is 4.76. The summed E-state index contributed by atoms with van der Waals surface area (Å²) in [6.07, 6.45) is 9.03. The molecule has 244 valence electrons. The monoisotopic (exact) mass is 644 g/mol. The van der Waals surface area contributed by atoms with Crippen molar-refractivity contribution in [1.82, 2.24) is 29.2 Å². The minimum atomic E-state index is -0.543. The number of aromatic nitrogens is 5. The van der Waals surface area contributed by atoms with Crippen LogP contribution in [-0.4, -0.2) is 79.6 Å². The van der Waals surface area contributed by atoms with Crippen molar-refractivity contribution < 1.29 is 19.4 Å². The third-order valence-corrected chi connectivity index (χ3v) is 10.4. The number of carbonyl (C=O) groups excluding carboxylic acids is 2. The van der Waals surface area contributed by atoms with Crippen molar-refractivity contribution in [3.63, 3.8) is 0 Å². The Labute approximate surface area is 277 Å². The van der Waals surface area contributed by atoms with Crippen molar-refractivity contribution in [2.24, 2.45) is 0 Å². The van der Waals surface area contributed by atoms with Crippen LogP contribution in [0.25, 0.3) is 16.6 Å². The Balaban J connectivity index is 1.08. The summed E-state index contributed by atoms with van der Waals surface area (Å²) in [7, 11) is 3.20. The first-order chi connectivity index (χ1) is 23.2. The molecule has 4 aromatic heterocycles. The molecule has 0 bridgehead atoms. The number of aliphatic hydroxyl groups is 1. The van der Waals surface area contributed by atoms with Gasteiger partial charge in [-0.1, -0.05) is 0 Å². The Morgan fingerprint density at radius 3 is 2.56 bits per heavy atom. The van der Waals surface area contributed by atoms with Gasteiger partial charge in [0.2, 0.25) is 5.91 Å². The van der Waals surface area contributed by atoms with Gasteiger partial charge in [-0.3, -0.25) is 19.6 Å². The number of methoxy groups -OCH3 is 1. The number of hydrogen-bond donors (Lipinski definition) is 1. The number of rotatable bonds is 7. The summed E-state index contributed by atoms with van der Waals surface area (Å²) in [5.41, 5.74) is 6.88. The molecular formula is C36H36N8O4. The second kappa shape index (κ2) is 10.7. The van der Waals surface area contributed by atoms with Crippen molar-refractivity contribution in [2.45, 2.75) is 62.5 Å². The minimum Gasteiger partial charge on any atom is -0.496 e. The summed E-state index contributed by atoms with van der Waals surface area (Å²) in [6, 6.07) is 11.6. The molecule has 2 aliphatic carbocycles. The number of carbonyl (C=O) groups is 2. The molecule has 2 saturated carbocycles. The molecule has 0 spiro atoms. The molecule has 48 heavy (non-hydrogen) atoms. The number of benzene rings is 1. The number of aryl methyl sites for hydroxylation is 1. The van der Waals surface area contributed by atoms with E-state index < -0.39 is 6.10 Å². The molecule has 4 fully saturated rings. The zero-order valence-corrected chi connectivity index (χ0v) is 27.1. The highest BCUT2D eigenvalue weighted by Gasteiger charge is 2.43. The van der Waals surface area contributed by atoms with Gasteiger partial charge in [0, 0.05) is 79.0 Å². The van der Waals surface area contributed by atoms with E-state index in [0.29, 0.717) is 30.2 Å². The summed E-state index contributed by atoms with van der Waals surface area (Å²) in [5, 5.41) is 11.9. The molecule has 5 aromatic rings. The molecule has 2 saturated heterocycles. The van der Waals surface area contributed by atoms with E-state index in [0.717, 1.165) is 75.0 Å². The molecule has 3 amide bonds. The Hall–Kier alpha value is -5.10. The van der Waals surface area contributed by atoms with Crippen LogP contribution in [0, 0.1) is 6.92 Å². The summed E-state index contributed by atoms with van der Waals surface area (Å²) in [6.45, 7) is 2.42. The van der Waals surface area contributed by atoms with Crippen LogP contribution in [0.2, 0.25) is 0 Å². The van der Waals surface area contributed by atoms with Crippen molar-refractivity contribution >= 4 is 39.9 Å². The molecule has 0 unspecified atom stereocenters. The maximum absolute atomic E-state index is 13.1. The van der Waals surface area contributed by atoms with Gasteiger partial charge >= 0.3 is 6.03 Å². The maximum Gasteiger partial charge on any atom is 0.331 e. The molecule has 12 heteroatoms. The fourth-order valence-corrected chi connectivity index (χ4v) is 7.48. The Kier molecular flexibility index (Phi) is 6.49. The van der Waals surface area contributed by atoms with Gasteiger partial charge < -0.3 is 19.1 Å². The van der Waals surface area contributed by atoms with E-state index in [1.807, 2.05) is 48.0 Å². The number of pyridine rings is 2. The van der Waals surface area contributed by atoms with Crippen LogP contribution >= 0.6 is 0 Å². The van der Waals surface area contributed by atoms with E-state index in [9.17, 15) is 14.7 Å². The van der Waals surface area contributed by atoms with Gasteiger partial charge in [-0.05, 0) is 68.0 Å². The molecular weight excluding hydrogens is 608 g/mol. The Morgan fingerprint density at radius 2 is 1.81 bits per heavy atom. The third-order valence-electron chi connectivity index (χ3n) is 10.4. The van der Waals surface area contributed by atoms with Crippen LogP contribution < -0.4 is 14.5 Å². The molecule has 9 rings (SSSR count). The smallest absolute Gasteiger partial charge is 0.331 e. The van der Waals surface area contributed by atoms with Crippen LogP contribution in [-0.2, 0) is 4.79 Å². The molecule has 6 heterocycles. The van der Waals surface area contributed by atoms with E-state index in [1.54, 1.807) is 7.11 Å². The number of anilines is 2. The van der Waals surface area contributed by atoms with Crippen molar-refractivity contribution in [3.05, 3.63) is 83.5 Å². The number of ether oxygens (including phenoxy) is 1. The van der Waals surface area contributed by atoms with Crippen LogP contribution in [0.15, 0.2) is 55.0 Å². The van der Waals surface area contributed by atoms with E-state index in [2.05, 4.69) is 33.2 Å². The van der Waals surface area contributed by atoms with E-state index in [4.69, 9.17) is 14.7 Å². The average Bonchev–Trinajstić information content (AvgIpc) is 4.00. The predicted molar refractivity (Wildman–Crippen MR) is 179 cm³/mol. The van der Waals surface area contributed by atoms with Crippen molar-refractivity contribution in [3.8, 4) is 5.75 Å². The van der Waals surface area contributed by atoms with Gasteiger partial charge in [0.05, 0.1) is 36.2 Å². The first kappa shape index (κ1) is 29.1. The maximum atomic E-state index is 13.1. The molecule has 1 N–H and O–H groups in total. The lowest BCUT2D eigenvalue weighted by molar-refractivity contribution is -0.123. The fraction of sp³-hybridized carbons (Fsp3) is 0.389. The highest BCUT2D eigenvalue weighted by Crippen LogP contribution is 2.54. The molecule has 4 atom stereocenters. The van der Waals surface area contributed by atoms with Gasteiger partial charge in [-0.25, -0.2) is 19.7 Å². The SMILES string of the molecule is COc1cc([C@H]2C[C@@H]2c2nccc(C)n2)nc2cc(N3C[C@@H](O)C[C@@H]3c3cn4cc(C5CC5)cc(N5CC(=O)N(C)C5=O)c4n3)ccc12. The molecule has 1 aromatic carbocycles. The lowest BCUT2D eigenvalue weighted by Gasteiger charge is -2.25. The van der Waals surface area contributed by atoms with Gasteiger partial charge in [0.25, 0.3) is 0 Å². The van der Waals surface area contributed by atoms with Gasteiger partial charge in [0.1, 0.15) is 18.1 Å². The summed E-state index contributed by atoms with van der Waals surface area (Å²) in [5.74, 6) is 2.29. The van der Waals surface area contributed by atoms with Gasteiger partial charge in [0.15, 0.2) is 5.65 Å². The number of hydrogen-bond acceptors (Lipinski definition) is 9. The van der Waals surface area contributed by atoms with E-state index in [-0.39, 0.29) is 36.4 Å². The molecule has 2 aliphatic heterocycles. The van der Waals surface area contributed by atoms with E-state index >= 15 is 0 Å². The zero-order valence-electron chi connectivity index (χ0n) is 27.1. The first-order valence-electron chi connectivity index (χ1n) is 16.6. The van der Waals surface area contributed by atoms with E-state index in [1.165, 1.54) is 11.9 Å². The average molecular weight is 645 g/mol. The lowest BCUT2D eigenvalue weighted by Crippen LogP contribution is -2.30. The molecule has 4 aliphatic rings. The lowest BCUT2D eigenvalue weighted by atomic mass is 10.1. The summed E-state index contributed by atoms with van der Waals surface area (Å²) in [4.78, 5) is 49.8. The summed E-state index contributed by atoms with van der Waals surface area (Å²) < 4.78 is 7.81. The predicted octanol–water partition coefficient (Wildman–Crippen LogP) is 4.85. The highest BCUT2D eigenvalue weighted by atomic mass is 16.5. The highest BCUT2D eigenvalue weighted by molar-refractivity contribution is 6.13. The molecule has 12 nitrogen and oxygen atoms in total. The number of imide groups is 1. The fourth-order valence-electron chi connectivity index (χ4n) is 7.48. The van der Waals surface area contributed by atoms with Crippen LogP contribution in [0.3, 0.4) is 0 Å². The zero-order chi connectivity index (χ0) is 32.8. The molecule has 0 radical (unpaired) electrons. The van der Waals surface area contributed by atoms with Crippen molar-refractivity contribution in [2.75, 3.05) is 37.0 Å². The number of β-amino-alcohol motifs (C(OH)–C–C–N with tert-alkyl or cyclic N) is 1. The summed E-state index contributed by atoms with van der Waals surface area (Å²) >= 11 is 0. The second-order valence-corrected chi connectivity index (χ2v) is 13.7. The number of imidazole rings is 1. The standard InChI is InChI=1S/C36H36N8O4/c1-19-8-9-37-34(38-19)26-13-25(26)28-14-32(48-3)24-7-6-22(11-27(24)39-28)43-16-23(45)12-30(43)29-17-42-15-21(20-4-5-20)10-31(35(42)40-29)44-18-33(46)41(2)36(44)47/h6-11,14-15,17,20,23,25-26,30,45H,4-5,12-13,16,18H2,1-3H3/t23-,25-,26-,30+/m0/s1. The van der Waals surface area contributed by atoms with Crippen molar-refractivity contribution in [1.29, 1.82) is 0 Å². The normalized spacial score (nSPS) is 24.0. The largest absolute Gasteiger partial charge is 0.496 e. The van der Waals surface area contributed by atoms with Gasteiger partial charge in [-0.15, -0.1) is 0 Å². The van der Waals surface area contributed by atoms with Gasteiger partial charge in [-0.2, -0.15) is 0 Å². The minimum absolute atomic E-state index is 0.00919. The number of likely N-dealkylation sites (N-methyl/N-ethyl adjacent to an activating group) is 1. The topological polar surface area (TPSA) is 129 Å². The Morgan fingerprint density at radius 1 is 0.958 bits per heavy atom. The number of nitrogens with zero attached hydrogens (tertiary/aromatic N) is 8. The second-order valence-electron chi connectivity index (χ2n) is 13.7.